The molecule has 3 heteroatoms. The molecule has 2 aromatic carbocycles. The molecule has 0 radical (unpaired) electrons. The predicted molar refractivity (Wildman–Crippen MR) is 82.3 cm³/mol. The molecule has 0 aromatic heterocycles. The molecule has 0 aliphatic carbocycles. The largest absolute Gasteiger partial charge is 0.489 e. The lowest BCUT2D eigenvalue weighted by Crippen LogP contribution is -2.03. The average molecular weight is 320 g/mol. The van der Waals surface area contributed by atoms with Crippen molar-refractivity contribution >= 4 is 15.9 Å². The van der Waals surface area contributed by atoms with Crippen LogP contribution >= 0.6 is 15.9 Å². The molecule has 2 N–H and O–H groups in total. The van der Waals surface area contributed by atoms with Crippen LogP contribution in [0.3, 0.4) is 0 Å². The van der Waals surface area contributed by atoms with E-state index in [-0.39, 0.29) is 0 Å². The Labute approximate surface area is 122 Å². The second kappa shape index (κ2) is 7.31. The molecule has 0 aliphatic rings. The topological polar surface area (TPSA) is 35.2 Å². The summed E-state index contributed by atoms with van der Waals surface area (Å²) in [6.45, 7) is 1.29. The fourth-order valence-electron chi connectivity index (χ4n) is 1.93. The van der Waals surface area contributed by atoms with Gasteiger partial charge in [-0.1, -0.05) is 46.3 Å². The van der Waals surface area contributed by atoms with E-state index in [1.54, 1.807) is 0 Å². The monoisotopic (exact) mass is 319 g/mol. The highest BCUT2D eigenvalue weighted by Crippen LogP contribution is 2.21. The number of hydrogen-bond acceptors (Lipinski definition) is 2. The van der Waals surface area contributed by atoms with E-state index in [1.807, 2.05) is 30.3 Å². The molecule has 0 atom stereocenters. The van der Waals surface area contributed by atoms with Crippen LogP contribution in [-0.2, 0) is 13.0 Å². The van der Waals surface area contributed by atoms with Gasteiger partial charge in [-0.3, -0.25) is 0 Å². The third-order valence-corrected chi connectivity index (χ3v) is 3.40. The highest BCUT2D eigenvalue weighted by atomic mass is 79.9. The van der Waals surface area contributed by atoms with Gasteiger partial charge in [0, 0.05) is 4.47 Å². The Morgan fingerprint density at radius 3 is 2.68 bits per heavy atom. The van der Waals surface area contributed by atoms with Crippen molar-refractivity contribution in [1.29, 1.82) is 0 Å². The molecule has 0 fully saturated rings. The minimum absolute atomic E-state index is 0.582. The number of aryl methyl sites for hydroxylation is 1. The second-order valence-electron chi connectivity index (χ2n) is 4.42. The van der Waals surface area contributed by atoms with Gasteiger partial charge in [0.15, 0.2) is 0 Å². The molecule has 100 valence electrons. The van der Waals surface area contributed by atoms with Gasteiger partial charge in [0.05, 0.1) is 0 Å². The molecule has 0 amide bonds. The number of halogens is 1. The molecule has 19 heavy (non-hydrogen) atoms. The third kappa shape index (κ3) is 4.37. The second-order valence-corrected chi connectivity index (χ2v) is 5.33. The number of benzene rings is 2. The van der Waals surface area contributed by atoms with Gasteiger partial charge < -0.3 is 10.5 Å². The molecule has 0 unspecified atom stereocenters. The van der Waals surface area contributed by atoms with Crippen LogP contribution in [0.2, 0.25) is 0 Å². The molecule has 2 nitrogen and oxygen atoms in total. The summed E-state index contributed by atoms with van der Waals surface area (Å²) in [5.41, 5.74) is 7.94. The molecule has 0 aliphatic heterocycles. The molecular formula is C16H18BrNO. The maximum atomic E-state index is 5.91. The van der Waals surface area contributed by atoms with E-state index in [2.05, 4.69) is 34.1 Å². The number of ether oxygens (including phenoxy) is 1. The first-order chi connectivity index (χ1) is 9.29. The summed E-state index contributed by atoms with van der Waals surface area (Å²) in [5, 5.41) is 0. The van der Waals surface area contributed by atoms with Crippen molar-refractivity contribution in [3.8, 4) is 5.75 Å². The number of rotatable bonds is 6. The zero-order valence-electron chi connectivity index (χ0n) is 10.8. The van der Waals surface area contributed by atoms with Crippen molar-refractivity contribution in [3.05, 3.63) is 64.1 Å². The summed E-state index contributed by atoms with van der Waals surface area (Å²) < 4.78 is 6.99. The first kappa shape index (κ1) is 14.1. The number of hydrogen-bond donors (Lipinski definition) is 1. The van der Waals surface area contributed by atoms with E-state index >= 15 is 0 Å². The molecule has 0 spiro atoms. The summed E-state index contributed by atoms with van der Waals surface area (Å²) in [7, 11) is 0. The Morgan fingerprint density at radius 1 is 1.05 bits per heavy atom. The normalized spacial score (nSPS) is 10.4. The fraction of sp³-hybridized carbons (Fsp3) is 0.250. The Bertz CT molecular complexity index is 528. The Kier molecular flexibility index (Phi) is 5.43. The molecule has 0 bridgehead atoms. The van der Waals surface area contributed by atoms with Crippen LogP contribution in [0.5, 0.6) is 5.75 Å². The Hall–Kier alpha value is -1.32. The lowest BCUT2D eigenvalue weighted by Gasteiger charge is -2.11. The van der Waals surface area contributed by atoms with Crippen LogP contribution in [0, 0.1) is 0 Å². The SMILES string of the molecule is NCCCc1ccccc1OCc1cccc(Br)c1. The lowest BCUT2D eigenvalue weighted by molar-refractivity contribution is 0.302. The highest BCUT2D eigenvalue weighted by Gasteiger charge is 2.03. The van der Waals surface area contributed by atoms with Gasteiger partial charge in [-0.2, -0.15) is 0 Å². The summed E-state index contributed by atoms with van der Waals surface area (Å²) in [6.07, 6.45) is 1.95. The van der Waals surface area contributed by atoms with Crippen molar-refractivity contribution in [3.63, 3.8) is 0 Å². The number of nitrogens with two attached hydrogens (primary N) is 1. The van der Waals surface area contributed by atoms with E-state index in [0.717, 1.165) is 28.6 Å². The van der Waals surface area contributed by atoms with Gasteiger partial charge in [-0.25, -0.2) is 0 Å². The zero-order valence-corrected chi connectivity index (χ0v) is 12.4. The third-order valence-electron chi connectivity index (χ3n) is 2.91. The molecule has 0 saturated heterocycles. The maximum absolute atomic E-state index is 5.91. The van der Waals surface area contributed by atoms with Crippen LogP contribution < -0.4 is 10.5 Å². The van der Waals surface area contributed by atoms with Crippen LogP contribution in [0.25, 0.3) is 0 Å². The lowest BCUT2D eigenvalue weighted by atomic mass is 10.1. The first-order valence-electron chi connectivity index (χ1n) is 6.45. The molecule has 2 rings (SSSR count). The van der Waals surface area contributed by atoms with Gasteiger partial charge >= 0.3 is 0 Å². The molecule has 2 aromatic rings. The van der Waals surface area contributed by atoms with E-state index in [1.165, 1.54) is 5.56 Å². The highest BCUT2D eigenvalue weighted by molar-refractivity contribution is 9.10. The van der Waals surface area contributed by atoms with E-state index in [4.69, 9.17) is 10.5 Å². The zero-order chi connectivity index (χ0) is 13.5. The number of para-hydroxylation sites is 1. The van der Waals surface area contributed by atoms with Gasteiger partial charge in [0.25, 0.3) is 0 Å². The van der Waals surface area contributed by atoms with Crippen LogP contribution in [0.15, 0.2) is 53.0 Å². The molecule has 0 heterocycles. The smallest absolute Gasteiger partial charge is 0.122 e. The van der Waals surface area contributed by atoms with Crippen LogP contribution in [-0.4, -0.2) is 6.54 Å². The van der Waals surface area contributed by atoms with Crippen molar-refractivity contribution in [2.45, 2.75) is 19.4 Å². The van der Waals surface area contributed by atoms with Crippen molar-refractivity contribution in [1.82, 2.24) is 0 Å². The summed E-state index contributed by atoms with van der Waals surface area (Å²) in [4.78, 5) is 0. The van der Waals surface area contributed by atoms with Crippen LogP contribution in [0.1, 0.15) is 17.5 Å². The van der Waals surface area contributed by atoms with Gasteiger partial charge in [-0.05, 0) is 48.7 Å². The standard InChI is InChI=1S/C16H18BrNO/c17-15-8-3-5-13(11-15)12-19-16-9-2-1-6-14(16)7-4-10-18/h1-3,5-6,8-9,11H,4,7,10,12,18H2. The summed E-state index contributed by atoms with van der Waals surface area (Å²) >= 11 is 3.47. The Balaban J connectivity index is 2.02. The molecule has 0 saturated carbocycles. The van der Waals surface area contributed by atoms with Gasteiger partial charge in [0.1, 0.15) is 12.4 Å². The van der Waals surface area contributed by atoms with E-state index in [9.17, 15) is 0 Å². The van der Waals surface area contributed by atoms with Crippen molar-refractivity contribution in [2.75, 3.05) is 6.54 Å². The van der Waals surface area contributed by atoms with Crippen LogP contribution in [0.4, 0.5) is 0 Å². The quantitative estimate of drug-likeness (QED) is 0.875. The summed E-state index contributed by atoms with van der Waals surface area (Å²) in [5.74, 6) is 0.955. The predicted octanol–water partition coefficient (Wildman–Crippen LogP) is 3.92. The molecular weight excluding hydrogens is 302 g/mol. The van der Waals surface area contributed by atoms with Crippen molar-refractivity contribution < 1.29 is 4.74 Å². The fourth-order valence-corrected chi connectivity index (χ4v) is 2.38. The van der Waals surface area contributed by atoms with Crippen molar-refractivity contribution in [2.24, 2.45) is 5.73 Å². The summed E-state index contributed by atoms with van der Waals surface area (Å²) in [6, 6.07) is 16.3. The Morgan fingerprint density at radius 2 is 1.89 bits per heavy atom. The minimum Gasteiger partial charge on any atom is -0.489 e. The van der Waals surface area contributed by atoms with Gasteiger partial charge in [0.2, 0.25) is 0 Å². The average Bonchev–Trinajstić information content (AvgIpc) is 2.44. The minimum atomic E-state index is 0.582. The van der Waals surface area contributed by atoms with Gasteiger partial charge in [-0.15, -0.1) is 0 Å². The maximum Gasteiger partial charge on any atom is 0.122 e. The van der Waals surface area contributed by atoms with E-state index in [0.29, 0.717) is 13.2 Å². The first-order valence-corrected chi connectivity index (χ1v) is 7.24. The van der Waals surface area contributed by atoms with E-state index < -0.39 is 0 Å².